The summed E-state index contributed by atoms with van der Waals surface area (Å²) in [6, 6.07) is -0.744. The molecule has 2 aromatic rings. The molecule has 1 atom stereocenters. The van der Waals surface area contributed by atoms with E-state index in [0.29, 0.717) is 30.9 Å². The lowest BCUT2D eigenvalue weighted by atomic mass is 10.1. The summed E-state index contributed by atoms with van der Waals surface area (Å²) in [6.07, 6.45) is 4.04. The number of hydrogen-bond donors (Lipinski definition) is 2. The number of methoxy groups -OCH3 is 1. The van der Waals surface area contributed by atoms with E-state index < -0.39 is 12.0 Å². The fourth-order valence-electron chi connectivity index (χ4n) is 1.64. The maximum atomic E-state index is 11.2. The van der Waals surface area contributed by atoms with Crippen LogP contribution < -0.4 is 5.32 Å². The fourth-order valence-corrected chi connectivity index (χ4v) is 1.64. The Morgan fingerprint density at radius 2 is 2.42 bits per heavy atom. The number of ether oxygens (including phenoxy) is 1. The van der Waals surface area contributed by atoms with Gasteiger partial charge in [-0.05, 0) is 23.3 Å². The molecule has 0 saturated heterocycles. The highest BCUT2D eigenvalue weighted by molar-refractivity contribution is 5.76. The summed E-state index contributed by atoms with van der Waals surface area (Å²) in [5.41, 5.74) is 0.450. The van der Waals surface area contributed by atoms with Crippen molar-refractivity contribution in [1.29, 1.82) is 0 Å². The van der Waals surface area contributed by atoms with Gasteiger partial charge in [-0.1, -0.05) is 0 Å². The van der Waals surface area contributed by atoms with Gasteiger partial charge >= 0.3 is 5.97 Å². The molecule has 0 fully saturated rings. The van der Waals surface area contributed by atoms with Gasteiger partial charge in [0.1, 0.15) is 6.04 Å². The molecule has 102 valence electrons. The molecule has 2 aromatic heterocycles. The molecule has 0 aliphatic carbocycles. The number of carboxylic acids is 1. The molecule has 0 bridgehead atoms. The third-order valence-electron chi connectivity index (χ3n) is 2.57. The van der Waals surface area contributed by atoms with Gasteiger partial charge in [-0.25, -0.2) is 4.79 Å². The number of carboxylic acid groups (broad SMARTS) is 1. The zero-order valence-electron chi connectivity index (χ0n) is 10.4. The molecule has 0 spiro atoms. The van der Waals surface area contributed by atoms with Gasteiger partial charge in [0.15, 0.2) is 11.5 Å². The molecule has 0 aromatic carbocycles. The Morgan fingerprint density at radius 1 is 1.58 bits per heavy atom. The predicted octanol–water partition coefficient (Wildman–Crippen LogP) is -0.189. The molecule has 9 nitrogen and oxygen atoms in total. The Labute approximate surface area is 108 Å². The van der Waals surface area contributed by atoms with Crippen LogP contribution in [0.3, 0.4) is 0 Å². The third-order valence-corrected chi connectivity index (χ3v) is 2.57. The molecule has 1 unspecified atom stereocenters. The van der Waals surface area contributed by atoms with E-state index in [1.165, 1.54) is 16.9 Å². The summed E-state index contributed by atoms with van der Waals surface area (Å²) in [5.74, 6) is -0.506. The molecule has 0 radical (unpaired) electrons. The Balaban J connectivity index is 2.12. The number of nitrogens with zero attached hydrogens (tertiary/aromatic N) is 5. The van der Waals surface area contributed by atoms with E-state index in [0.717, 1.165) is 0 Å². The lowest BCUT2D eigenvalue weighted by Gasteiger charge is -2.15. The van der Waals surface area contributed by atoms with E-state index in [1.807, 2.05) is 0 Å². The molecular formula is C10H14N6O3. The largest absolute Gasteiger partial charge is 0.480 e. The van der Waals surface area contributed by atoms with Gasteiger partial charge in [0.25, 0.3) is 0 Å². The minimum atomic E-state index is -0.943. The number of anilines is 1. The number of carbonyl (C=O) groups is 1. The summed E-state index contributed by atoms with van der Waals surface area (Å²) < 4.78 is 6.31. The zero-order chi connectivity index (χ0) is 13.7. The zero-order valence-corrected chi connectivity index (χ0v) is 10.4. The Bertz CT molecular complexity index is 557. The summed E-state index contributed by atoms with van der Waals surface area (Å²) in [4.78, 5) is 15.1. The van der Waals surface area contributed by atoms with Crippen LogP contribution in [0, 0.1) is 0 Å². The molecule has 0 aliphatic heterocycles. The molecule has 9 heteroatoms. The smallest absolute Gasteiger partial charge is 0.326 e. The first-order valence-corrected chi connectivity index (χ1v) is 5.72. The van der Waals surface area contributed by atoms with Crippen LogP contribution in [0.15, 0.2) is 12.4 Å². The van der Waals surface area contributed by atoms with Gasteiger partial charge in [-0.3, -0.25) is 4.98 Å². The number of aromatic nitrogens is 5. The first kappa shape index (κ1) is 13.1. The molecule has 2 rings (SSSR count). The van der Waals surface area contributed by atoms with Crippen molar-refractivity contribution in [2.75, 3.05) is 19.0 Å². The molecule has 0 saturated carbocycles. The average Bonchev–Trinajstić information content (AvgIpc) is 2.86. The number of fused-ring (bicyclic) bond motifs is 1. The van der Waals surface area contributed by atoms with Crippen LogP contribution in [-0.2, 0) is 9.53 Å². The number of hydrogen-bond acceptors (Lipinski definition) is 7. The van der Waals surface area contributed by atoms with Gasteiger partial charge in [-0.2, -0.15) is 4.52 Å². The Kier molecular flexibility index (Phi) is 4.18. The van der Waals surface area contributed by atoms with E-state index in [2.05, 4.69) is 25.8 Å². The van der Waals surface area contributed by atoms with Crippen LogP contribution in [0.5, 0.6) is 0 Å². The maximum absolute atomic E-state index is 11.2. The summed E-state index contributed by atoms with van der Waals surface area (Å²) >= 11 is 0. The van der Waals surface area contributed by atoms with Gasteiger partial charge in [-0.15, -0.1) is 5.10 Å². The normalized spacial score (nSPS) is 12.5. The lowest BCUT2D eigenvalue weighted by Crippen LogP contribution is -2.30. The van der Waals surface area contributed by atoms with Crippen molar-refractivity contribution in [2.24, 2.45) is 0 Å². The van der Waals surface area contributed by atoms with Crippen molar-refractivity contribution in [3.63, 3.8) is 0 Å². The number of nitrogens with one attached hydrogen (secondary N) is 1. The van der Waals surface area contributed by atoms with E-state index in [-0.39, 0.29) is 0 Å². The van der Waals surface area contributed by atoms with Crippen LogP contribution in [0.25, 0.3) is 5.65 Å². The highest BCUT2D eigenvalue weighted by atomic mass is 16.5. The number of rotatable bonds is 7. The second-order valence-corrected chi connectivity index (χ2v) is 3.91. The first-order valence-electron chi connectivity index (χ1n) is 5.72. The minimum absolute atomic E-state index is 0.432. The van der Waals surface area contributed by atoms with Gasteiger partial charge in [0.05, 0.1) is 12.4 Å². The van der Waals surface area contributed by atoms with Crippen molar-refractivity contribution >= 4 is 17.4 Å². The van der Waals surface area contributed by atoms with Crippen LogP contribution in [0.4, 0.5) is 5.82 Å². The van der Waals surface area contributed by atoms with Crippen molar-refractivity contribution in [2.45, 2.75) is 18.9 Å². The van der Waals surface area contributed by atoms with E-state index >= 15 is 0 Å². The molecule has 2 heterocycles. The highest BCUT2D eigenvalue weighted by Gasteiger charge is 2.18. The molecule has 0 amide bonds. The summed E-state index contributed by atoms with van der Waals surface area (Å²) in [5, 5.41) is 23.0. The number of tetrazole rings is 1. The van der Waals surface area contributed by atoms with Crippen molar-refractivity contribution in [3.05, 3.63) is 12.4 Å². The van der Waals surface area contributed by atoms with Crippen LogP contribution in [-0.4, -0.2) is 55.9 Å². The van der Waals surface area contributed by atoms with E-state index in [1.54, 1.807) is 7.11 Å². The second-order valence-electron chi connectivity index (χ2n) is 3.91. The standard InChI is InChI=1S/C10H14N6O3/c1-19-4-2-3-7(10(17)18)12-8-5-11-6-9-13-14-15-16(8)9/h5-7,12H,2-4H2,1H3,(H,17,18). The van der Waals surface area contributed by atoms with Gasteiger partial charge in [0, 0.05) is 13.7 Å². The average molecular weight is 266 g/mol. The molecule has 0 aliphatic rings. The molecule has 19 heavy (non-hydrogen) atoms. The van der Waals surface area contributed by atoms with Gasteiger partial charge in [0.2, 0.25) is 0 Å². The summed E-state index contributed by atoms with van der Waals surface area (Å²) in [7, 11) is 1.58. The molecule has 2 N–H and O–H groups in total. The molecular weight excluding hydrogens is 252 g/mol. The lowest BCUT2D eigenvalue weighted by molar-refractivity contribution is -0.138. The van der Waals surface area contributed by atoms with Crippen LogP contribution >= 0.6 is 0 Å². The van der Waals surface area contributed by atoms with E-state index in [9.17, 15) is 9.90 Å². The first-order chi connectivity index (χ1) is 9.22. The predicted molar refractivity (Wildman–Crippen MR) is 64.7 cm³/mol. The minimum Gasteiger partial charge on any atom is -0.480 e. The van der Waals surface area contributed by atoms with Crippen molar-refractivity contribution in [1.82, 2.24) is 25.0 Å². The van der Waals surface area contributed by atoms with Crippen LogP contribution in [0.2, 0.25) is 0 Å². The summed E-state index contributed by atoms with van der Waals surface area (Å²) in [6.45, 7) is 0.513. The Hall–Kier alpha value is -2.29. The topological polar surface area (TPSA) is 115 Å². The van der Waals surface area contributed by atoms with Crippen LogP contribution in [0.1, 0.15) is 12.8 Å². The Morgan fingerprint density at radius 3 is 3.16 bits per heavy atom. The monoisotopic (exact) mass is 266 g/mol. The maximum Gasteiger partial charge on any atom is 0.326 e. The number of aliphatic carboxylic acids is 1. The second kappa shape index (κ2) is 6.05. The quantitative estimate of drug-likeness (QED) is 0.663. The van der Waals surface area contributed by atoms with Gasteiger partial charge < -0.3 is 15.2 Å². The highest BCUT2D eigenvalue weighted by Crippen LogP contribution is 2.10. The fraction of sp³-hybridized carbons (Fsp3) is 0.500. The SMILES string of the molecule is COCCCC(Nc1cncc2nnnn12)C(=O)O. The van der Waals surface area contributed by atoms with Crippen molar-refractivity contribution in [3.8, 4) is 0 Å². The third kappa shape index (κ3) is 3.13. The van der Waals surface area contributed by atoms with E-state index in [4.69, 9.17) is 4.74 Å². The van der Waals surface area contributed by atoms with Crippen molar-refractivity contribution < 1.29 is 14.6 Å².